The van der Waals surface area contributed by atoms with Crippen LogP contribution in [0.1, 0.15) is 24.0 Å². The van der Waals surface area contributed by atoms with Crippen molar-refractivity contribution in [1.29, 1.82) is 0 Å². The van der Waals surface area contributed by atoms with Crippen LogP contribution in [0, 0.1) is 11.8 Å². The third-order valence-corrected chi connectivity index (χ3v) is 5.60. The predicted molar refractivity (Wildman–Crippen MR) is 87.8 cm³/mol. The lowest BCUT2D eigenvalue weighted by atomic mass is 9.56. The number of carbonyl (C=O) groups excluding carboxylic acids is 1. The molecule has 4 rings (SSSR count). The Bertz CT molecular complexity index is 625. The van der Waals surface area contributed by atoms with Crippen LogP contribution in [0.3, 0.4) is 0 Å². The highest BCUT2D eigenvalue weighted by Crippen LogP contribution is 2.50. The summed E-state index contributed by atoms with van der Waals surface area (Å²) in [5.74, 6) is 0.963. The lowest BCUT2D eigenvalue weighted by molar-refractivity contribution is -0.126. The summed E-state index contributed by atoms with van der Waals surface area (Å²) >= 11 is 0. The maximum Gasteiger partial charge on any atom is 0.137 e. The fourth-order valence-corrected chi connectivity index (χ4v) is 4.58. The van der Waals surface area contributed by atoms with E-state index in [1.54, 1.807) is 0 Å². The molecular weight excluding hydrogens is 270 g/mol. The molecule has 1 aliphatic heterocycles. The van der Waals surface area contributed by atoms with Crippen molar-refractivity contribution in [1.82, 2.24) is 5.32 Å². The number of nitrogens with one attached hydrogen (secondary N) is 1. The van der Waals surface area contributed by atoms with Crippen LogP contribution in [0.4, 0.5) is 0 Å². The monoisotopic (exact) mass is 291 g/mol. The highest BCUT2D eigenvalue weighted by atomic mass is 16.1. The van der Waals surface area contributed by atoms with E-state index in [4.69, 9.17) is 0 Å². The molecule has 1 unspecified atom stereocenters. The summed E-state index contributed by atoms with van der Waals surface area (Å²) in [7, 11) is 0. The number of ketones is 1. The highest BCUT2D eigenvalue weighted by Gasteiger charge is 2.52. The van der Waals surface area contributed by atoms with E-state index < -0.39 is 0 Å². The maximum absolute atomic E-state index is 12.4. The molecule has 2 aliphatic rings. The molecule has 2 heteroatoms. The number of Topliss-reactive ketones (excluding diaryl/α,β-unsaturated/α-hetero) is 1. The van der Waals surface area contributed by atoms with E-state index in [1.807, 2.05) is 0 Å². The van der Waals surface area contributed by atoms with Crippen molar-refractivity contribution in [2.75, 3.05) is 13.1 Å². The van der Waals surface area contributed by atoms with Gasteiger partial charge in [0, 0.05) is 24.3 Å². The van der Waals surface area contributed by atoms with E-state index in [0.29, 0.717) is 18.1 Å². The largest absolute Gasteiger partial charge is 0.316 e. The van der Waals surface area contributed by atoms with Crippen molar-refractivity contribution in [3.63, 3.8) is 0 Å². The standard InChI is InChI=1S/C20H21NO/c22-19-11-12-20(15-7-3-1-4-8-15,16-9-5-2-6-10-16)18-14-21-13-17(18)19/h1-10,17-18,21H,11-14H2/t17?,18-/m0/s1. The smallest absolute Gasteiger partial charge is 0.137 e. The maximum atomic E-state index is 12.4. The third kappa shape index (κ3) is 1.94. The molecule has 1 aliphatic carbocycles. The SMILES string of the molecule is O=C1CCC(c2ccccc2)(c2ccccc2)[C@H]2CNCC12. The van der Waals surface area contributed by atoms with Gasteiger partial charge < -0.3 is 5.32 Å². The summed E-state index contributed by atoms with van der Waals surface area (Å²) in [6.45, 7) is 1.77. The molecule has 2 nitrogen and oxygen atoms in total. The lowest BCUT2D eigenvalue weighted by Gasteiger charge is -2.45. The molecule has 0 spiro atoms. The van der Waals surface area contributed by atoms with Crippen LogP contribution < -0.4 is 5.32 Å². The number of fused-ring (bicyclic) bond motifs is 1. The zero-order valence-electron chi connectivity index (χ0n) is 12.7. The van der Waals surface area contributed by atoms with E-state index in [9.17, 15) is 4.79 Å². The Labute approximate surface area is 131 Å². The zero-order chi connectivity index (χ0) is 15.0. The van der Waals surface area contributed by atoms with Gasteiger partial charge >= 0.3 is 0 Å². The Kier molecular flexibility index (Phi) is 3.34. The summed E-state index contributed by atoms with van der Waals surface area (Å²) in [5.41, 5.74) is 2.67. The van der Waals surface area contributed by atoms with Gasteiger partial charge in [0.1, 0.15) is 5.78 Å². The second-order valence-corrected chi connectivity index (χ2v) is 6.54. The molecule has 0 amide bonds. The Morgan fingerprint density at radius 3 is 2.05 bits per heavy atom. The van der Waals surface area contributed by atoms with Crippen LogP contribution in [-0.4, -0.2) is 18.9 Å². The highest BCUT2D eigenvalue weighted by molar-refractivity contribution is 5.84. The number of rotatable bonds is 2. The molecule has 0 aromatic heterocycles. The van der Waals surface area contributed by atoms with Crippen molar-refractivity contribution in [3.05, 3.63) is 71.8 Å². The normalized spacial score (nSPS) is 26.6. The minimum absolute atomic E-state index is 0.0371. The first-order valence-corrected chi connectivity index (χ1v) is 8.17. The van der Waals surface area contributed by atoms with E-state index in [0.717, 1.165) is 19.5 Å². The van der Waals surface area contributed by atoms with Crippen LogP contribution in [-0.2, 0) is 10.2 Å². The average Bonchev–Trinajstić information content (AvgIpc) is 3.08. The molecule has 1 saturated carbocycles. The average molecular weight is 291 g/mol. The Morgan fingerprint density at radius 2 is 1.45 bits per heavy atom. The molecule has 1 N–H and O–H groups in total. The second kappa shape index (κ2) is 5.36. The van der Waals surface area contributed by atoms with Gasteiger partial charge in [0.15, 0.2) is 0 Å². The molecule has 0 radical (unpaired) electrons. The first-order chi connectivity index (χ1) is 10.8. The molecule has 1 heterocycles. The Morgan fingerprint density at radius 1 is 0.864 bits per heavy atom. The molecule has 2 atom stereocenters. The molecule has 1 saturated heterocycles. The quantitative estimate of drug-likeness (QED) is 0.921. The molecule has 0 bridgehead atoms. The molecule has 2 aromatic rings. The van der Waals surface area contributed by atoms with Crippen LogP contribution in [0.15, 0.2) is 60.7 Å². The number of carbonyl (C=O) groups is 1. The lowest BCUT2D eigenvalue weighted by Crippen LogP contribution is -2.47. The van der Waals surface area contributed by atoms with Crippen LogP contribution in [0.5, 0.6) is 0 Å². The van der Waals surface area contributed by atoms with Gasteiger partial charge in [-0.25, -0.2) is 0 Å². The van der Waals surface area contributed by atoms with Crippen molar-refractivity contribution in [3.8, 4) is 0 Å². The van der Waals surface area contributed by atoms with Gasteiger partial charge in [-0.15, -0.1) is 0 Å². The van der Waals surface area contributed by atoms with Gasteiger partial charge in [-0.05, 0) is 30.0 Å². The first-order valence-electron chi connectivity index (χ1n) is 8.17. The Hall–Kier alpha value is -1.93. The van der Waals surface area contributed by atoms with Crippen LogP contribution in [0.25, 0.3) is 0 Å². The van der Waals surface area contributed by atoms with E-state index in [1.165, 1.54) is 11.1 Å². The van der Waals surface area contributed by atoms with Crippen molar-refractivity contribution >= 4 is 5.78 Å². The first kappa shape index (κ1) is 13.7. The van der Waals surface area contributed by atoms with Crippen molar-refractivity contribution in [2.24, 2.45) is 11.8 Å². The topological polar surface area (TPSA) is 29.1 Å². The Balaban J connectivity index is 1.92. The van der Waals surface area contributed by atoms with Crippen molar-refractivity contribution in [2.45, 2.75) is 18.3 Å². The summed E-state index contributed by atoms with van der Waals surface area (Å²) in [6.07, 6.45) is 1.61. The van der Waals surface area contributed by atoms with Gasteiger partial charge in [0.2, 0.25) is 0 Å². The second-order valence-electron chi connectivity index (χ2n) is 6.54. The van der Waals surface area contributed by atoms with Gasteiger partial charge in [-0.1, -0.05) is 60.7 Å². The third-order valence-electron chi connectivity index (χ3n) is 5.60. The van der Waals surface area contributed by atoms with Gasteiger partial charge in [0.05, 0.1) is 0 Å². The van der Waals surface area contributed by atoms with E-state index in [2.05, 4.69) is 66.0 Å². The zero-order valence-corrected chi connectivity index (χ0v) is 12.7. The molecule has 2 fully saturated rings. The molecular formula is C20H21NO. The van der Waals surface area contributed by atoms with Gasteiger partial charge in [-0.2, -0.15) is 0 Å². The minimum Gasteiger partial charge on any atom is -0.316 e. The molecule has 2 aromatic carbocycles. The van der Waals surface area contributed by atoms with Gasteiger partial charge in [-0.3, -0.25) is 4.79 Å². The summed E-state index contributed by atoms with van der Waals surface area (Å²) in [6, 6.07) is 21.6. The van der Waals surface area contributed by atoms with E-state index >= 15 is 0 Å². The number of hydrogen-bond acceptors (Lipinski definition) is 2. The molecule has 112 valence electrons. The van der Waals surface area contributed by atoms with Crippen LogP contribution >= 0.6 is 0 Å². The molecule has 22 heavy (non-hydrogen) atoms. The fraction of sp³-hybridized carbons (Fsp3) is 0.350. The summed E-state index contributed by atoms with van der Waals surface area (Å²) < 4.78 is 0. The van der Waals surface area contributed by atoms with Gasteiger partial charge in [0.25, 0.3) is 0 Å². The van der Waals surface area contributed by atoms with Crippen molar-refractivity contribution < 1.29 is 4.79 Å². The summed E-state index contributed by atoms with van der Waals surface area (Å²) in [4.78, 5) is 12.4. The minimum atomic E-state index is -0.0371. The number of hydrogen-bond donors (Lipinski definition) is 1. The van der Waals surface area contributed by atoms with E-state index in [-0.39, 0.29) is 11.3 Å². The van der Waals surface area contributed by atoms with Crippen LogP contribution in [0.2, 0.25) is 0 Å². The fourth-order valence-electron chi connectivity index (χ4n) is 4.58. The number of benzene rings is 2. The predicted octanol–water partition coefficient (Wildman–Crippen LogP) is 3.17. The summed E-state index contributed by atoms with van der Waals surface area (Å²) in [5, 5.41) is 3.47.